The van der Waals surface area contributed by atoms with Crippen LogP contribution in [0.1, 0.15) is 30.1 Å². The number of carbonyl (C=O) groups excluding carboxylic acids is 2. The minimum Gasteiger partial charge on any atom is -0.396 e. The Morgan fingerprint density at radius 3 is 2.56 bits per heavy atom. The molecule has 1 aromatic carbocycles. The second-order valence-corrected chi connectivity index (χ2v) is 4.58. The van der Waals surface area contributed by atoms with E-state index in [0.29, 0.717) is 24.9 Å². The van der Waals surface area contributed by atoms with Crippen LogP contribution >= 0.6 is 0 Å². The summed E-state index contributed by atoms with van der Waals surface area (Å²) in [5, 5.41) is 9.07. The summed E-state index contributed by atoms with van der Waals surface area (Å²) in [6.07, 6.45) is 0.876. The number of carbonyl (C=O) groups is 2. The number of aliphatic hydroxyl groups excluding tert-OH is 1. The number of amides is 1. The maximum Gasteiger partial charge on any atom is 0.227 e. The molecule has 1 saturated heterocycles. The second kappa shape index (κ2) is 5.31. The van der Waals surface area contributed by atoms with Gasteiger partial charge in [0.15, 0.2) is 5.78 Å². The molecule has 0 saturated carbocycles. The molecule has 1 fully saturated rings. The van der Waals surface area contributed by atoms with Crippen LogP contribution in [0.2, 0.25) is 0 Å². The topological polar surface area (TPSA) is 57.6 Å². The molecule has 0 spiro atoms. The van der Waals surface area contributed by atoms with E-state index in [1.165, 1.54) is 0 Å². The van der Waals surface area contributed by atoms with Gasteiger partial charge in [-0.3, -0.25) is 9.59 Å². The Morgan fingerprint density at radius 1 is 1.39 bits per heavy atom. The van der Waals surface area contributed by atoms with E-state index in [-0.39, 0.29) is 24.2 Å². The number of aliphatic hydroxyl groups is 1. The Morgan fingerprint density at radius 2 is 2.06 bits per heavy atom. The van der Waals surface area contributed by atoms with Crippen LogP contribution in [-0.2, 0) is 4.79 Å². The van der Waals surface area contributed by atoms with Crippen molar-refractivity contribution in [2.24, 2.45) is 5.92 Å². The van der Waals surface area contributed by atoms with E-state index in [0.717, 1.165) is 5.69 Å². The summed E-state index contributed by atoms with van der Waals surface area (Å²) >= 11 is 0. The highest BCUT2D eigenvalue weighted by atomic mass is 16.3. The van der Waals surface area contributed by atoms with E-state index < -0.39 is 0 Å². The average molecular weight is 247 g/mol. The Labute approximate surface area is 106 Å². The highest BCUT2D eigenvalue weighted by Gasteiger charge is 2.29. The van der Waals surface area contributed by atoms with E-state index >= 15 is 0 Å². The third-order valence-corrected chi connectivity index (χ3v) is 3.29. The molecule has 1 aromatic rings. The van der Waals surface area contributed by atoms with E-state index in [2.05, 4.69) is 0 Å². The van der Waals surface area contributed by atoms with Gasteiger partial charge >= 0.3 is 0 Å². The summed E-state index contributed by atoms with van der Waals surface area (Å²) in [6, 6.07) is 7.09. The van der Waals surface area contributed by atoms with Gasteiger partial charge in [-0.15, -0.1) is 0 Å². The van der Waals surface area contributed by atoms with Crippen molar-refractivity contribution in [3.05, 3.63) is 29.8 Å². The number of Topliss-reactive ketones (excluding diaryl/α,β-unsaturated/α-hetero) is 1. The Bertz CT molecular complexity index is 453. The van der Waals surface area contributed by atoms with Crippen LogP contribution in [0.3, 0.4) is 0 Å². The van der Waals surface area contributed by atoms with E-state index in [4.69, 9.17) is 5.11 Å². The van der Waals surface area contributed by atoms with Crippen molar-refractivity contribution >= 4 is 17.4 Å². The number of ketones is 1. The zero-order chi connectivity index (χ0) is 13.1. The Kier molecular flexibility index (Phi) is 3.77. The zero-order valence-corrected chi connectivity index (χ0v) is 10.4. The van der Waals surface area contributed by atoms with Crippen LogP contribution in [0, 0.1) is 5.92 Å². The summed E-state index contributed by atoms with van der Waals surface area (Å²) in [5.41, 5.74) is 1.47. The summed E-state index contributed by atoms with van der Waals surface area (Å²) in [5.74, 6) is 0.153. The molecule has 2 rings (SSSR count). The van der Waals surface area contributed by atoms with Gasteiger partial charge in [0.1, 0.15) is 0 Å². The predicted octanol–water partition coefficient (Wildman–Crippen LogP) is 1.62. The largest absolute Gasteiger partial charge is 0.396 e. The second-order valence-electron chi connectivity index (χ2n) is 4.58. The number of hydrogen-bond acceptors (Lipinski definition) is 3. The van der Waals surface area contributed by atoms with Gasteiger partial charge in [-0.1, -0.05) is 6.92 Å². The Hall–Kier alpha value is -1.68. The molecule has 96 valence electrons. The van der Waals surface area contributed by atoms with Crippen LogP contribution in [0.15, 0.2) is 24.3 Å². The molecular formula is C14H17NO3. The maximum atomic E-state index is 11.8. The van der Waals surface area contributed by atoms with Gasteiger partial charge in [0, 0.05) is 43.2 Å². The van der Waals surface area contributed by atoms with Gasteiger partial charge in [0.2, 0.25) is 5.91 Å². The molecule has 18 heavy (non-hydrogen) atoms. The summed E-state index contributed by atoms with van der Waals surface area (Å²) < 4.78 is 0. The Balaban J connectivity index is 2.15. The lowest BCUT2D eigenvalue weighted by Gasteiger charge is -2.16. The number of nitrogens with zero attached hydrogens (tertiary/aromatic N) is 1. The van der Waals surface area contributed by atoms with Crippen LogP contribution in [0.5, 0.6) is 0 Å². The molecule has 1 atom stereocenters. The molecule has 0 aromatic heterocycles. The smallest absolute Gasteiger partial charge is 0.227 e. The van der Waals surface area contributed by atoms with Crippen molar-refractivity contribution in [2.75, 3.05) is 18.1 Å². The van der Waals surface area contributed by atoms with Crippen molar-refractivity contribution in [3.63, 3.8) is 0 Å². The molecular weight excluding hydrogens is 230 g/mol. The molecule has 1 aliphatic heterocycles. The third kappa shape index (κ3) is 2.43. The number of benzene rings is 1. The number of rotatable bonds is 4. The average Bonchev–Trinajstić information content (AvgIpc) is 2.79. The summed E-state index contributed by atoms with van der Waals surface area (Å²) in [6.45, 7) is 2.41. The fraction of sp³-hybridized carbons (Fsp3) is 0.429. The molecule has 0 aliphatic carbocycles. The van der Waals surface area contributed by atoms with Crippen molar-refractivity contribution in [1.29, 1.82) is 0 Å². The van der Waals surface area contributed by atoms with Crippen molar-refractivity contribution in [3.8, 4) is 0 Å². The highest BCUT2D eigenvalue weighted by Crippen LogP contribution is 2.25. The van der Waals surface area contributed by atoms with Crippen LogP contribution in [0.4, 0.5) is 5.69 Å². The van der Waals surface area contributed by atoms with Crippen LogP contribution in [0.25, 0.3) is 0 Å². The molecule has 4 nitrogen and oxygen atoms in total. The predicted molar refractivity (Wildman–Crippen MR) is 68.6 cm³/mol. The first-order valence-electron chi connectivity index (χ1n) is 6.20. The normalized spacial score (nSPS) is 19.3. The monoisotopic (exact) mass is 247 g/mol. The van der Waals surface area contributed by atoms with Gasteiger partial charge in [-0.25, -0.2) is 0 Å². The van der Waals surface area contributed by atoms with Crippen LogP contribution < -0.4 is 4.90 Å². The number of anilines is 1. The van der Waals surface area contributed by atoms with E-state index in [1.54, 1.807) is 29.2 Å². The van der Waals surface area contributed by atoms with Gasteiger partial charge in [-0.05, 0) is 24.3 Å². The first-order chi connectivity index (χ1) is 8.65. The van der Waals surface area contributed by atoms with Crippen molar-refractivity contribution < 1.29 is 14.7 Å². The minimum atomic E-state index is 0.0226. The van der Waals surface area contributed by atoms with E-state index in [1.807, 2.05) is 6.92 Å². The first-order valence-corrected chi connectivity index (χ1v) is 6.20. The quantitative estimate of drug-likeness (QED) is 0.823. The lowest BCUT2D eigenvalue weighted by atomic mass is 10.1. The lowest BCUT2D eigenvalue weighted by Crippen LogP contribution is -2.24. The van der Waals surface area contributed by atoms with Crippen molar-refractivity contribution in [2.45, 2.75) is 19.8 Å². The summed E-state index contributed by atoms with van der Waals surface area (Å²) in [4.78, 5) is 24.9. The minimum absolute atomic E-state index is 0.0226. The first kappa shape index (κ1) is 12.8. The number of hydrogen-bond donors (Lipinski definition) is 1. The van der Waals surface area contributed by atoms with E-state index in [9.17, 15) is 9.59 Å². The molecule has 4 heteroatoms. The van der Waals surface area contributed by atoms with Crippen molar-refractivity contribution in [1.82, 2.24) is 0 Å². The molecule has 1 amide bonds. The maximum absolute atomic E-state index is 11.8. The lowest BCUT2D eigenvalue weighted by molar-refractivity contribution is -0.117. The SMILES string of the molecule is CCC(=O)c1ccc(N2CC(CO)CC2=O)cc1. The fourth-order valence-corrected chi connectivity index (χ4v) is 2.18. The zero-order valence-electron chi connectivity index (χ0n) is 10.4. The molecule has 1 N–H and O–H groups in total. The molecule has 1 aliphatic rings. The van der Waals surface area contributed by atoms with Gasteiger partial charge in [-0.2, -0.15) is 0 Å². The fourth-order valence-electron chi connectivity index (χ4n) is 2.18. The van der Waals surface area contributed by atoms with Gasteiger partial charge < -0.3 is 10.0 Å². The molecule has 0 bridgehead atoms. The molecule has 0 radical (unpaired) electrons. The van der Waals surface area contributed by atoms with Crippen LogP contribution in [-0.4, -0.2) is 29.9 Å². The highest BCUT2D eigenvalue weighted by molar-refractivity contribution is 5.98. The standard InChI is InChI=1S/C14H17NO3/c1-2-13(17)11-3-5-12(6-4-11)15-8-10(9-16)7-14(15)18/h3-6,10,16H,2,7-9H2,1H3. The molecule has 1 heterocycles. The summed E-state index contributed by atoms with van der Waals surface area (Å²) in [7, 11) is 0. The molecule has 1 unspecified atom stereocenters. The van der Waals surface area contributed by atoms with Gasteiger partial charge in [0.25, 0.3) is 0 Å². The third-order valence-electron chi connectivity index (χ3n) is 3.29. The van der Waals surface area contributed by atoms with Gasteiger partial charge in [0.05, 0.1) is 0 Å².